The number of ether oxygens (including phenoxy) is 1. The number of fused-ring (bicyclic) bond motifs is 1. The fraction of sp³-hybridized carbons (Fsp3) is 0.476. The van der Waals surface area contributed by atoms with Gasteiger partial charge in [-0.1, -0.05) is 15.9 Å². The zero-order valence-corrected chi connectivity index (χ0v) is 19.3. The Hall–Kier alpha value is -2.55. The van der Waals surface area contributed by atoms with E-state index < -0.39 is 17.7 Å². The van der Waals surface area contributed by atoms with Gasteiger partial charge in [0, 0.05) is 28.6 Å². The topological polar surface area (TPSA) is 101 Å². The van der Waals surface area contributed by atoms with E-state index >= 15 is 0 Å². The molecular weight excluding hydrogens is 454 g/mol. The molecule has 1 aliphatic heterocycles. The Bertz CT molecular complexity index is 1030. The first-order valence-electron chi connectivity index (χ1n) is 9.67. The highest BCUT2D eigenvalue weighted by Crippen LogP contribution is 2.31. The van der Waals surface area contributed by atoms with Crippen LogP contribution in [0.5, 0.6) is 0 Å². The highest BCUT2D eigenvalue weighted by molar-refractivity contribution is 9.10. The largest absolute Gasteiger partial charge is 0.478 e. The number of rotatable bonds is 4. The lowest BCUT2D eigenvalue weighted by atomic mass is 10.1. The predicted octanol–water partition coefficient (Wildman–Crippen LogP) is 3.45. The summed E-state index contributed by atoms with van der Waals surface area (Å²) in [5.41, 5.74) is 1.77. The number of nitrogens with zero attached hydrogens (tertiary/aromatic N) is 2. The molecule has 0 unspecified atom stereocenters. The summed E-state index contributed by atoms with van der Waals surface area (Å²) in [4.78, 5) is 38.0. The van der Waals surface area contributed by atoms with Crippen LogP contribution in [0.4, 0.5) is 4.79 Å². The second kappa shape index (κ2) is 7.94. The van der Waals surface area contributed by atoms with Gasteiger partial charge in [-0.15, -0.1) is 0 Å². The molecule has 0 radical (unpaired) electrons. The molecule has 2 N–H and O–H groups in total. The number of hydrogen-bond acceptors (Lipinski definition) is 4. The first-order chi connectivity index (χ1) is 13.9. The van der Waals surface area contributed by atoms with Gasteiger partial charge >= 0.3 is 12.1 Å². The van der Waals surface area contributed by atoms with Crippen molar-refractivity contribution in [1.29, 1.82) is 0 Å². The maximum absolute atomic E-state index is 12.7. The van der Waals surface area contributed by atoms with E-state index in [-0.39, 0.29) is 24.1 Å². The van der Waals surface area contributed by atoms with Crippen molar-refractivity contribution in [3.8, 4) is 0 Å². The zero-order chi connectivity index (χ0) is 22.4. The molecule has 2 aromatic rings. The fourth-order valence-corrected chi connectivity index (χ4v) is 4.28. The van der Waals surface area contributed by atoms with Crippen molar-refractivity contribution in [3.05, 3.63) is 33.4 Å². The highest BCUT2D eigenvalue weighted by atomic mass is 79.9. The van der Waals surface area contributed by atoms with Gasteiger partial charge in [0.2, 0.25) is 5.91 Å². The summed E-state index contributed by atoms with van der Waals surface area (Å²) in [5, 5.41) is 13.2. The minimum absolute atomic E-state index is 0.00102. The Morgan fingerprint density at radius 1 is 1.23 bits per heavy atom. The molecule has 1 aromatic carbocycles. The third-order valence-electron chi connectivity index (χ3n) is 4.99. The van der Waals surface area contributed by atoms with Crippen molar-refractivity contribution >= 4 is 44.8 Å². The number of benzene rings is 1. The number of carbonyl (C=O) groups is 3. The van der Waals surface area contributed by atoms with E-state index in [1.165, 1.54) is 4.90 Å². The summed E-state index contributed by atoms with van der Waals surface area (Å²) >= 11 is 3.41. The van der Waals surface area contributed by atoms with Gasteiger partial charge in [-0.3, -0.25) is 4.79 Å². The third-order valence-corrected chi connectivity index (χ3v) is 5.44. The molecule has 8 nitrogen and oxygen atoms in total. The summed E-state index contributed by atoms with van der Waals surface area (Å²) in [7, 11) is 0. The molecule has 0 bridgehead atoms. The normalized spacial score (nSPS) is 14.5. The SMILES string of the molecule is Cc1cc(Br)cc2c(C(=O)O)c(C)n(CC(=O)NC3CN(C(=O)OC(C)(C)C)C3)c12. The van der Waals surface area contributed by atoms with E-state index in [0.29, 0.717) is 24.2 Å². The number of carboxylic acids is 1. The number of likely N-dealkylation sites (tertiary alicyclic amines) is 1. The summed E-state index contributed by atoms with van der Waals surface area (Å²) in [6, 6.07) is 3.51. The number of aromatic carboxylic acids is 1. The van der Waals surface area contributed by atoms with Crippen LogP contribution in [0.2, 0.25) is 0 Å². The Morgan fingerprint density at radius 3 is 2.43 bits per heavy atom. The Morgan fingerprint density at radius 2 is 1.87 bits per heavy atom. The molecule has 1 fully saturated rings. The minimum atomic E-state index is -1.03. The van der Waals surface area contributed by atoms with Crippen molar-refractivity contribution in [2.75, 3.05) is 13.1 Å². The van der Waals surface area contributed by atoms with Crippen LogP contribution in [0.15, 0.2) is 16.6 Å². The maximum Gasteiger partial charge on any atom is 0.410 e. The number of aromatic nitrogens is 1. The average molecular weight is 480 g/mol. The first-order valence-corrected chi connectivity index (χ1v) is 10.5. The van der Waals surface area contributed by atoms with E-state index in [0.717, 1.165) is 15.6 Å². The van der Waals surface area contributed by atoms with Gasteiger partial charge in [0.15, 0.2) is 0 Å². The molecule has 2 amide bonds. The Balaban J connectivity index is 1.72. The smallest absolute Gasteiger partial charge is 0.410 e. The second-order valence-electron chi connectivity index (χ2n) is 8.62. The number of hydrogen-bond donors (Lipinski definition) is 2. The van der Waals surface area contributed by atoms with Crippen molar-refractivity contribution in [3.63, 3.8) is 0 Å². The summed E-state index contributed by atoms with van der Waals surface area (Å²) < 4.78 is 7.83. The van der Waals surface area contributed by atoms with Crippen LogP contribution in [0.25, 0.3) is 10.9 Å². The highest BCUT2D eigenvalue weighted by Gasteiger charge is 2.34. The van der Waals surface area contributed by atoms with Crippen molar-refractivity contribution in [2.24, 2.45) is 0 Å². The van der Waals surface area contributed by atoms with Crippen LogP contribution in [0.1, 0.15) is 42.4 Å². The van der Waals surface area contributed by atoms with Gasteiger partial charge < -0.3 is 24.6 Å². The lowest BCUT2D eigenvalue weighted by Crippen LogP contribution is -2.61. The van der Waals surface area contributed by atoms with Crippen LogP contribution < -0.4 is 5.32 Å². The zero-order valence-electron chi connectivity index (χ0n) is 17.7. The average Bonchev–Trinajstić information content (AvgIpc) is 2.80. The molecule has 0 aliphatic carbocycles. The van der Waals surface area contributed by atoms with Gasteiger partial charge in [-0.05, 0) is 52.3 Å². The molecule has 0 saturated carbocycles. The number of carboxylic acid groups (broad SMARTS) is 1. The molecular formula is C21H26BrN3O5. The van der Waals surface area contributed by atoms with Crippen molar-refractivity contribution in [1.82, 2.24) is 14.8 Å². The number of carbonyl (C=O) groups excluding carboxylic acids is 2. The van der Waals surface area contributed by atoms with E-state index in [2.05, 4.69) is 21.2 Å². The predicted molar refractivity (Wildman–Crippen MR) is 116 cm³/mol. The molecule has 1 aromatic heterocycles. The van der Waals surface area contributed by atoms with Gasteiger partial charge in [-0.25, -0.2) is 9.59 Å². The van der Waals surface area contributed by atoms with Crippen LogP contribution in [-0.2, 0) is 16.1 Å². The molecule has 0 spiro atoms. The van der Waals surface area contributed by atoms with Crippen molar-refractivity contribution < 1.29 is 24.2 Å². The Labute approximate surface area is 183 Å². The Kier molecular flexibility index (Phi) is 5.86. The molecule has 1 saturated heterocycles. The van der Waals surface area contributed by atoms with Crippen LogP contribution in [0.3, 0.4) is 0 Å². The number of amides is 2. The monoisotopic (exact) mass is 479 g/mol. The fourth-order valence-electron chi connectivity index (χ4n) is 3.71. The van der Waals surface area contributed by atoms with Gasteiger partial charge in [0.05, 0.1) is 17.1 Å². The quantitative estimate of drug-likeness (QED) is 0.698. The van der Waals surface area contributed by atoms with E-state index in [1.807, 2.05) is 13.0 Å². The lowest BCUT2D eigenvalue weighted by molar-refractivity contribution is -0.123. The number of halogens is 1. The van der Waals surface area contributed by atoms with Gasteiger partial charge in [-0.2, -0.15) is 0 Å². The summed E-state index contributed by atoms with van der Waals surface area (Å²) in [6.45, 7) is 9.78. The minimum Gasteiger partial charge on any atom is -0.478 e. The van der Waals surface area contributed by atoms with Crippen LogP contribution in [-0.4, -0.2) is 57.3 Å². The van der Waals surface area contributed by atoms with Gasteiger partial charge in [0.25, 0.3) is 0 Å². The van der Waals surface area contributed by atoms with Crippen LogP contribution in [0, 0.1) is 13.8 Å². The molecule has 1 aliphatic rings. The molecule has 9 heteroatoms. The van der Waals surface area contributed by atoms with Crippen molar-refractivity contribution in [2.45, 2.75) is 52.8 Å². The van der Waals surface area contributed by atoms with E-state index in [9.17, 15) is 19.5 Å². The van der Waals surface area contributed by atoms with Gasteiger partial charge in [0.1, 0.15) is 12.1 Å². The standard InChI is InChI=1S/C21H26BrN3O5/c1-11-6-13(22)7-15-17(19(27)28)12(2)25(18(11)15)10-16(26)23-14-8-24(9-14)20(29)30-21(3,4)5/h6-7,14H,8-10H2,1-5H3,(H,23,26)(H,27,28). The molecule has 3 rings (SSSR count). The molecule has 0 atom stereocenters. The molecule has 2 heterocycles. The maximum atomic E-state index is 12.7. The number of aryl methyl sites for hydroxylation is 1. The summed E-state index contributed by atoms with van der Waals surface area (Å²) in [5.74, 6) is -1.26. The molecule has 30 heavy (non-hydrogen) atoms. The second-order valence-corrected chi connectivity index (χ2v) is 9.54. The van der Waals surface area contributed by atoms with Crippen LogP contribution >= 0.6 is 15.9 Å². The number of nitrogens with one attached hydrogen (secondary N) is 1. The third kappa shape index (κ3) is 4.45. The van der Waals surface area contributed by atoms with E-state index in [1.54, 1.807) is 38.3 Å². The lowest BCUT2D eigenvalue weighted by Gasteiger charge is -2.40. The van der Waals surface area contributed by atoms with E-state index in [4.69, 9.17) is 4.74 Å². The summed E-state index contributed by atoms with van der Waals surface area (Å²) in [6.07, 6.45) is -0.396. The first kappa shape index (κ1) is 22.1. The molecule has 162 valence electrons.